The summed E-state index contributed by atoms with van der Waals surface area (Å²) >= 11 is 0. The number of nitriles is 1. The molecule has 0 aliphatic carbocycles. The molecule has 0 bridgehead atoms. The topological polar surface area (TPSA) is 45.5 Å². The van der Waals surface area contributed by atoms with Gasteiger partial charge in [0, 0.05) is 5.56 Å². The molecule has 0 N–H and O–H groups in total. The summed E-state index contributed by atoms with van der Waals surface area (Å²) in [6.45, 7) is 4.47. The molecule has 2 unspecified atom stereocenters. The Morgan fingerprint density at radius 2 is 2.27 bits per heavy atom. The van der Waals surface area contributed by atoms with Crippen molar-refractivity contribution in [2.75, 3.05) is 6.61 Å². The van der Waals surface area contributed by atoms with Crippen LogP contribution in [0.4, 0.5) is 0 Å². The van der Waals surface area contributed by atoms with Crippen LogP contribution < -0.4 is 4.74 Å². The Kier molecular flexibility index (Phi) is 2.37. The van der Waals surface area contributed by atoms with Crippen LogP contribution in [0, 0.1) is 11.3 Å². The van der Waals surface area contributed by atoms with E-state index < -0.39 is 5.60 Å². The maximum Gasteiger partial charge on any atom is 0.178 e. The summed E-state index contributed by atoms with van der Waals surface area (Å²) in [6.07, 6.45) is -0.348. The van der Waals surface area contributed by atoms with Crippen LogP contribution in [0.5, 0.6) is 5.75 Å². The lowest BCUT2D eigenvalue weighted by Gasteiger charge is -2.12. The van der Waals surface area contributed by atoms with E-state index in [4.69, 9.17) is 14.7 Å². The zero-order valence-corrected chi connectivity index (χ0v) is 8.86. The summed E-state index contributed by atoms with van der Waals surface area (Å²) in [5, 5.41) is 8.81. The smallest absolute Gasteiger partial charge is 0.178 e. The Bertz CT molecular complexity index is 410. The van der Waals surface area contributed by atoms with Gasteiger partial charge in [-0.1, -0.05) is 18.2 Å². The lowest BCUT2D eigenvalue weighted by atomic mass is 9.97. The van der Waals surface area contributed by atoms with Gasteiger partial charge in [-0.15, -0.1) is 0 Å². The van der Waals surface area contributed by atoms with Crippen molar-refractivity contribution in [1.29, 1.82) is 5.26 Å². The number of rotatable bonds is 3. The van der Waals surface area contributed by atoms with E-state index in [2.05, 4.69) is 6.07 Å². The second-order valence-electron chi connectivity index (χ2n) is 3.66. The van der Waals surface area contributed by atoms with E-state index in [-0.39, 0.29) is 6.10 Å². The van der Waals surface area contributed by atoms with Crippen molar-refractivity contribution in [3.05, 3.63) is 29.8 Å². The quantitative estimate of drug-likeness (QED) is 0.707. The van der Waals surface area contributed by atoms with E-state index in [0.717, 1.165) is 11.3 Å². The Morgan fingerprint density at radius 3 is 2.87 bits per heavy atom. The van der Waals surface area contributed by atoms with Gasteiger partial charge in [-0.25, -0.2) is 0 Å². The highest BCUT2D eigenvalue weighted by atomic mass is 16.6. The third kappa shape index (κ3) is 1.57. The minimum Gasteiger partial charge on any atom is -0.493 e. The van der Waals surface area contributed by atoms with Crippen molar-refractivity contribution >= 4 is 0 Å². The molecule has 1 heterocycles. The Morgan fingerprint density at radius 1 is 1.53 bits per heavy atom. The molecular formula is C12H13NO2. The molecule has 15 heavy (non-hydrogen) atoms. The van der Waals surface area contributed by atoms with E-state index in [1.165, 1.54) is 0 Å². The number of benzene rings is 1. The minimum absolute atomic E-state index is 0.348. The molecular weight excluding hydrogens is 190 g/mol. The number of nitrogens with zero attached hydrogens (tertiary/aromatic N) is 1. The molecule has 0 amide bonds. The number of hydrogen-bond acceptors (Lipinski definition) is 3. The number of hydrogen-bond donors (Lipinski definition) is 0. The Labute approximate surface area is 89.2 Å². The molecule has 1 aliphatic heterocycles. The van der Waals surface area contributed by atoms with Gasteiger partial charge < -0.3 is 9.47 Å². The monoisotopic (exact) mass is 203 g/mol. The van der Waals surface area contributed by atoms with Gasteiger partial charge in [-0.2, -0.15) is 5.26 Å². The largest absolute Gasteiger partial charge is 0.493 e. The average molecular weight is 203 g/mol. The molecule has 0 aromatic heterocycles. The van der Waals surface area contributed by atoms with E-state index in [1.807, 2.05) is 38.1 Å². The highest BCUT2D eigenvalue weighted by Gasteiger charge is 2.55. The van der Waals surface area contributed by atoms with Crippen molar-refractivity contribution in [2.24, 2.45) is 0 Å². The van der Waals surface area contributed by atoms with Gasteiger partial charge in [0.05, 0.1) is 12.7 Å². The molecule has 0 spiro atoms. The van der Waals surface area contributed by atoms with Gasteiger partial charge in [0.2, 0.25) is 0 Å². The fourth-order valence-electron chi connectivity index (χ4n) is 1.72. The lowest BCUT2D eigenvalue weighted by Crippen LogP contribution is -2.09. The van der Waals surface area contributed by atoms with Crippen molar-refractivity contribution in [3.63, 3.8) is 0 Å². The first-order valence-electron chi connectivity index (χ1n) is 5.02. The molecule has 1 aliphatic rings. The van der Waals surface area contributed by atoms with Gasteiger partial charge >= 0.3 is 0 Å². The predicted octanol–water partition coefficient (Wildman–Crippen LogP) is 2.22. The van der Waals surface area contributed by atoms with Crippen LogP contribution >= 0.6 is 0 Å². The first-order valence-corrected chi connectivity index (χ1v) is 5.02. The van der Waals surface area contributed by atoms with Crippen LogP contribution in [0.2, 0.25) is 0 Å². The van der Waals surface area contributed by atoms with Gasteiger partial charge in [0.25, 0.3) is 0 Å². The van der Waals surface area contributed by atoms with Gasteiger partial charge in [0.1, 0.15) is 11.4 Å². The fourth-order valence-corrected chi connectivity index (χ4v) is 1.72. The predicted molar refractivity (Wildman–Crippen MR) is 55.4 cm³/mol. The molecule has 1 aromatic carbocycles. The van der Waals surface area contributed by atoms with E-state index in [9.17, 15) is 0 Å². The maximum atomic E-state index is 8.81. The van der Waals surface area contributed by atoms with Crippen molar-refractivity contribution < 1.29 is 9.47 Å². The summed E-state index contributed by atoms with van der Waals surface area (Å²) in [6, 6.07) is 9.82. The van der Waals surface area contributed by atoms with Crippen molar-refractivity contribution in [2.45, 2.75) is 25.6 Å². The van der Waals surface area contributed by atoms with E-state index >= 15 is 0 Å². The third-order valence-electron chi connectivity index (χ3n) is 2.64. The zero-order chi connectivity index (χ0) is 10.9. The number of epoxide rings is 1. The van der Waals surface area contributed by atoms with Crippen LogP contribution in [0.1, 0.15) is 19.4 Å². The van der Waals surface area contributed by atoms with Crippen molar-refractivity contribution in [1.82, 2.24) is 0 Å². The van der Waals surface area contributed by atoms with Crippen LogP contribution in [0.15, 0.2) is 24.3 Å². The molecule has 2 rings (SSSR count). The number of ether oxygens (including phenoxy) is 2. The molecule has 3 heteroatoms. The van der Waals surface area contributed by atoms with Crippen molar-refractivity contribution in [3.8, 4) is 11.8 Å². The molecule has 3 nitrogen and oxygen atoms in total. The Hall–Kier alpha value is -1.53. The molecule has 0 radical (unpaired) electrons. The highest BCUT2D eigenvalue weighted by Crippen LogP contribution is 2.48. The summed E-state index contributed by atoms with van der Waals surface area (Å²) in [4.78, 5) is 0. The minimum atomic E-state index is -0.486. The van der Waals surface area contributed by atoms with Crippen LogP contribution in [0.25, 0.3) is 0 Å². The summed E-state index contributed by atoms with van der Waals surface area (Å²) < 4.78 is 10.9. The highest BCUT2D eigenvalue weighted by molar-refractivity contribution is 5.43. The van der Waals surface area contributed by atoms with Crippen LogP contribution in [-0.4, -0.2) is 12.7 Å². The fraction of sp³-hybridized carbons (Fsp3) is 0.417. The summed E-state index contributed by atoms with van der Waals surface area (Å²) in [7, 11) is 0. The first-order chi connectivity index (χ1) is 7.22. The first kappa shape index (κ1) is 10.0. The normalized spacial score (nSPS) is 28.2. The van der Waals surface area contributed by atoms with Gasteiger partial charge in [-0.3, -0.25) is 0 Å². The van der Waals surface area contributed by atoms with Crippen LogP contribution in [-0.2, 0) is 10.3 Å². The maximum absolute atomic E-state index is 8.81. The second-order valence-corrected chi connectivity index (χ2v) is 3.66. The molecule has 78 valence electrons. The lowest BCUT2D eigenvalue weighted by molar-refractivity contribution is 0.296. The second kappa shape index (κ2) is 3.56. The standard InChI is InChI=1S/C12H13NO2/c1-3-14-10-7-5-4-6-9(10)12(2)11(8-13)15-12/h4-7,11H,3H2,1-2H3. The zero-order valence-electron chi connectivity index (χ0n) is 8.86. The molecule has 0 saturated carbocycles. The third-order valence-corrected chi connectivity index (χ3v) is 2.64. The molecule has 2 atom stereocenters. The molecule has 1 saturated heterocycles. The summed E-state index contributed by atoms with van der Waals surface area (Å²) in [5.41, 5.74) is 0.471. The van der Waals surface area contributed by atoms with E-state index in [0.29, 0.717) is 6.61 Å². The molecule has 1 aromatic rings. The van der Waals surface area contributed by atoms with Crippen LogP contribution in [0.3, 0.4) is 0 Å². The van der Waals surface area contributed by atoms with Gasteiger partial charge in [-0.05, 0) is 19.9 Å². The van der Waals surface area contributed by atoms with E-state index in [1.54, 1.807) is 0 Å². The SMILES string of the molecule is CCOc1ccccc1C1(C)OC1C#N. The average Bonchev–Trinajstić information content (AvgIpc) is 2.92. The molecule has 1 fully saturated rings. The Balaban J connectivity index is 2.33. The number of para-hydroxylation sites is 1. The van der Waals surface area contributed by atoms with Gasteiger partial charge in [0.15, 0.2) is 6.10 Å². The summed E-state index contributed by atoms with van der Waals surface area (Å²) in [5.74, 6) is 0.806.